The van der Waals surface area contributed by atoms with Crippen molar-refractivity contribution in [3.63, 3.8) is 0 Å². The van der Waals surface area contributed by atoms with Crippen molar-refractivity contribution >= 4 is 11.0 Å². The van der Waals surface area contributed by atoms with Gasteiger partial charge in [0.2, 0.25) is 0 Å². The Hall–Kier alpha value is -2.36. The van der Waals surface area contributed by atoms with Gasteiger partial charge in [-0.1, -0.05) is 6.07 Å². The van der Waals surface area contributed by atoms with Crippen LogP contribution in [0.4, 0.5) is 0 Å². The van der Waals surface area contributed by atoms with Crippen molar-refractivity contribution in [3.8, 4) is 16.9 Å². The Bertz CT molecular complexity index is 746. The molecule has 0 aliphatic rings. The highest BCUT2D eigenvalue weighted by molar-refractivity contribution is 5.80. The number of pyridine rings is 1. The number of nitrogens with one attached hydrogen (secondary N) is 1. The summed E-state index contributed by atoms with van der Waals surface area (Å²) in [5.74, 6) is 0.903. The van der Waals surface area contributed by atoms with E-state index in [9.17, 15) is 0 Å². The minimum atomic E-state index is 0.875. The van der Waals surface area contributed by atoms with Gasteiger partial charge >= 0.3 is 0 Å². The van der Waals surface area contributed by atoms with Gasteiger partial charge in [-0.3, -0.25) is 10.1 Å². The molecule has 0 spiro atoms. The molecule has 0 fully saturated rings. The fourth-order valence-electron chi connectivity index (χ4n) is 2.19. The zero-order valence-electron chi connectivity index (χ0n) is 11.2. The first-order valence-electron chi connectivity index (χ1n) is 6.14. The van der Waals surface area contributed by atoms with Crippen LogP contribution in [0.3, 0.4) is 0 Å². The van der Waals surface area contributed by atoms with Gasteiger partial charge in [-0.2, -0.15) is 5.10 Å². The Morgan fingerprint density at radius 2 is 1.89 bits per heavy atom. The summed E-state index contributed by atoms with van der Waals surface area (Å²) in [5.41, 5.74) is 6.34. The molecule has 0 aliphatic carbocycles. The van der Waals surface area contributed by atoms with Crippen LogP contribution in [0.5, 0.6) is 5.75 Å². The molecule has 0 saturated carbocycles. The summed E-state index contributed by atoms with van der Waals surface area (Å²) < 4.78 is 5.42. The summed E-state index contributed by atoms with van der Waals surface area (Å²) in [6.07, 6.45) is 3.58. The van der Waals surface area contributed by atoms with E-state index in [1.54, 1.807) is 13.3 Å². The lowest BCUT2D eigenvalue weighted by Gasteiger charge is -2.11. The van der Waals surface area contributed by atoms with Crippen molar-refractivity contribution < 1.29 is 4.74 Å². The molecule has 4 nitrogen and oxygen atoms in total. The average Bonchev–Trinajstić information content (AvgIpc) is 2.89. The van der Waals surface area contributed by atoms with Gasteiger partial charge in [-0.25, -0.2) is 0 Å². The molecule has 0 atom stereocenters. The Morgan fingerprint density at radius 1 is 1.05 bits per heavy atom. The second kappa shape index (κ2) is 4.39. The van der Waals surface area contributed by atoms with E-state index in [0.717, 1.165) is 27.9 Å². The average molecular weight is 253 g/mol. The standard InChI is InChI=1S/C15H15N3O/c1-9-4-11(6-15(19-3)10(9)2)12-5-13-14(16-7-12)8-17-18-13/h4-8H,1-3H3,(H,17,18). The maximum atomic E-state index is 5.42. The van der Waals surface area contributed by atoms with E-state index in [4.69, 9.17) is 4.74 Å². The molecule has 0 aliphatic heterocycles. The van der Waals surface area contributed by atoms with Gasteiger partial charge in [-0.05, 0) is 42.7 Å². The number of aromatic amines is 1. The number of aromatic nitrogens is 3. The normalized spacial score (nSPS) is 10.9. The molecular formula is C15H15N3O. The van der Waals surface area contributed by atoms with Gasteiger partial charge < -0.3 is 4.74 Å². The molecule has 96 valence electrons. The Morgan fingerprint density at radius 3 is 2.68 bits per heavy atom. The third-order valence-electron chi connectivity index (χ3n) is 3.46. The van der Waals surface area contributed by atoms with Crippen LogP contribution in [0.1, 0.15) is 11.1 Å². The Labute approximate surface area is 111 Å². The highest BCUT2D eigenvalue weighted by Crippen LogP contribution is 2.30. The van der Waals surface area contributed by atoms with Crippen LogP contribution in [0.15, 0.2) is 30.6 Å². The van der Waals surface area contributed by atoms with Gasteiger partial charge in [0, 0.05) is 11.8 Å². The molecule has 2 heterocycles. The fraction of sp³-hybridized carbons (Fsp3) is 0.200. The number of H-pyrrole nitrogens is 1. The second-order valence-electron chi connectivity index (χ2n) is 4.65. The van der Waals surface area contributed by atoms with E-state index in [1.165, 1.54) is 11.1 Å². The number of rotatable bonds is 2. The number of fused-ring (bicyclic) bond motifs is 1. The molecule has 2 aromatic heterocycles. The number of aryl methyl sites for hydroxylation is 1. The SMILES string of the molecule is COc1cc(-c2cnc3cn[nH]c3c2)cc(C)c1C. The van der Waals surface area contributed by atoms with Gasteiger partial charge in [0.25, 0.3) is 0 Å². The van der Waals surface area contributed by atoms with Crippen LogP contribution in [-0.4, -0.2) is 22.3 Å². The van der Waals surface area contributed by atoms with Gasteiger partial charge in [0.15, 0.2) is 0 Å². The summed E-state index contributed by atoms with van der Waals surface area (Å²) in [4.78, 5) is 4.39. The van der Waals surface area contributed by atoms with Crippen molar-refractivity contribution in [2.24, 2.45) is 0 Å². The first-order valence-corrected chi connectivity index (χ1v) is 6.14. The number of methoxy groups -OCH3 is 1. The number of hydrogen-bond donors (Lipinski definition) is 1. The molecule has 3 aromatic rings. The number of nitrogens with zero attached hydrogens (tertiary/aromatic N) is 2. The van der Waals surface area contributed by atoms with Crippen LogP contribution >= 0.6 is 0 Å². The number of ether oxygens (including phenoxy) is 1. The summed E-state index contributed by atoms with van der Waals surface area (Å²) in [7, 11) is 1.70. The van der Waals surface area contributed by atoms with E-state index in [2.05, 4.69) is 41.2 Å². The van der Waals surface area contributed by atoms with Gasteiger partial charge in [0.05, 0.1) is 18.8 Å². The molecule has 0 unspecified atom stereocenters. The second-order valence-corrected chi connectivity index (χ2v) is 4.65. The monoisotopic (exact) mass is 253 g/mol. The minimum Gasteiger partial charge on any atom is -0.496 e. The summed E-state index contributed by atoms with van der Waals surface area (Å²) >= 11 is 0. The molecule has 0 amide bonds. The van der Waals surface area contributed by atoms with Crippen molar-refractivity contribution in [2.75, 3.05) is 7.11 Å². The molecule has 0 saturated heterocycles. The zero-order chi connectivity index (χ0) is 13.4. The lowest BCUT2D eigenvalue weighted by Crippen LogP contribution is -1.92. The quantitative estimate of drug-likeness (QED) is 0.762. The van der Waals surface area contributed by atoms with Crippen LogP contribution in [-0.2, 0) is 0 Å². The fourth-order valence-corrected chi connectivity index (χ4v) is 2.19. The van der Waals surface area contributed by atoms with Gasteiger partial charge in [0.1, 0.15) is 11.3 Å². The molecule has 1 N–H and O–H groups in total. The topological polar surface area (TPSA) is 50.8 Å². The minimum absolute atomic E-state index is 0.875. The predicted octanol–water partition coefficient (Wildman–Crippen LogP) is 3.25. The van der Waals surface area contributed by atoms with Crippen molar-refractivity contribution in [3.05, 3.63) is 41.7 Å². The summed E-state index contributed by atoms with van der Waals surface area (Å²) in [6.45, 7) is 4.15. The summed E-state index contributed by atoms with van der Waals surface area (Å²) in [5, 5.41) is 6.93. The number of benzene rings is 1. The molecule has 19 heavy (non-hydrogen) atoms. The molecule has 4 heteroatoms. The van der Waals surface area contributed by atoms with Crippen LogP contribution < -0.4 is 4.74 Å². The van der Waals surface area contributed by atoms with Crippen LogP contribution in [0.2, 0.25) is 0 Å². The lowest BCUT2D eigenvalue weighted by atomic mass is 10.0. The Balaban J connectivity index is 2.17. The smallest absolute Gasteiger partial charge is 0.122 e. The summed E-state index contributed by atoms with van der Waals surface area (Å²) in [6, 6.07) is 6.25. The van der Waals surface area contributed by atoms with Gasteiger partial charge in [-0.15, -0.1) is 0 Å². The predicted molar refractivity (Wildman–Crippen MR) is 75.4 cm³/mol. The van der Waals surface area contributed by atoms with E-state index >= 15 is 0 Å². The largest absolute Gasteiger partial charge is 0.496 e. The first-order chi connectivity index (χ1) is 9.19. The third-order valence-corrected chi connectivity index (χ3v) is 3.46. The highest BCUT2D eigenvalue weighted by Gasteiger charge is 2.08. The molecule has 0 bridgehead atoms. The van der Waals surface area contributed by atoms with E-state index < -0.39 is 0 Å². The lowest BCUT2D eigenvalue weighted by molar-refractivity contribution is 0.411. The molecule has 1 aromatic carbocycles. The maximum Gasteiger partial charge on any atom is 0.122 e. The molecular weight excluding hydrogens is 238 g/mol. The molecule has 0 radical (unpaired) electrons. The van der Waals surface area contributed by atoms with Crippen LogP contribution in [0.25, 0.3) is 22.2 Å². The van der Waals surface area contributed by atoms with E-state index in [-0.39, 0.29) is 0 Å². The third kappa shape index (κ3) is 1.95. The van der Waals surface area contributed by atoms with Crippen molar-refractivity contribution in [1.29, 1.82) is 0 Å². The van der Waals surface area contributed by atoms with Crippen molar-refractivity contribution in [2.45, 2.75) is 13.8 Å². The first kappa shape index (κ1) is 11.7. The Kier molecular flexibility index (Phi) is 2.71. The van der Waals surface area contributed by atoms with E-state index in [1.807, 2.05) is 12.3 Å². The van der Waals surface area contributed by atoms with Crippen molar-refractivity contribution in [1.82, 2.24) is 15.2 Å². The molecule has 3 rings (SSSR count). The number of hydrogen-bond acceptors (Lipinski definition) is 3. The van der Waals surface area contributed by atoms with Crippen LogP contribution in [0, 0.1) is 13.8 Å². The highest BCUT2D eigenvalue weighted by atomic mass is 16.5. The zero-order valence-corrected chi connectivity index (χ0v) is 11.2. The van der Waals surface area contributed by atoms with E-state index in [0.29, 0.717) is 0 Å². The maximum absolute atomic E-state index is 5.42.